The SMILES string of the molecule is CNCCN(C)C/C(=C/N)C(=N)C1CCC(C)(C)CC1. The first-order valence-corrected chi connectivity index (χ1v) is 7.72. The van der Waals surface area contributed by atoms with Crippen LogP contribution < -0.4 is 11.1 Å². The van der Waals surface area contributed by atoms with Gasteiger partial charge in [0.25, 0.3) is 0 Å². The van der Waals surface area contributed by atoms with Gasteiger partial charge in [0.2, 0.25) is 0 Å². The van der Waals surface area contributed by atoms with Gasteiger partial charge in [-0.25, -0.2) is 0 Å². The summed E-state index contributed by atoms with van der Waals surface area (Å²) in [5.74, 6) is 0.399. The van der Waals surface area contributed by atoms with E-state index in [2.05, 4.69) is 31.1 Å². The number of hydrogen-bond acceptors (Lipinski definition) is 4. The molecule has 1 fully saturated rings. The molecule has 0 aliphatic heterocycles. The van der Waals surface area contributed by atoms with E-state index in [0.29, 0.717) is 11.3 Å². The fraction of sp³-hybridized carbons (Fsp3) is 0.812. The second-order valence-electron chi connectivity index (χ2n) is 6.89. The highest BCUT2D eigenvalue weighted by Gasteiger charge is 2.29. The summed E-state index contributed by atoms with van der Waals surface area (Å²) in [7, 11) is 4.04. The van der Waals surface area contributed by atoms with Crippen LogP contribution in [-0.4, -0.2) is 44.3 Å². The predicted molar refractivity (Wildman–Crippen MR) is 87.2 cm³/mol. The average Bonchev–Trinajstić information content (AvgIpc) is 2.41. The molecule has 0 atom stereocenters. The Kier molecular flexibility index (Phi) is 6.69. The zero-order valence-corrected chi connectivity index (χ0v) is 13.6. The smallest absolute Gasteiger partial charge is 0.0404 e. The molecule has 0 spiro atoms. The van der Waals surface area contributed by atoms with Crippen LogP contribution in [0.2, 0.25) is 0 Å². The van der Waals surface area contributed by atoms with Gasteiger partial charge in [0, 0.05) is 43.0 Å². The van der Waals surface area contributed by atoms with Crippen molar-refractivity contribution in [3.63, 3.8) is 0 Å². The van der Waals surface area contributed by atoms with Gasteiger partial charge in [-0.15, -0.1) is 0 Å². The molecule has 0 saturated heterocycles. The lowest BCUT2D eigenvalue weighted by Gasteiger charge is -2.35. The molecule has 0 aromatic carbocycles. The number of likely N-dealkylation sites (N-methyl/N-ethyl adjacent to an activating group) is 2. The molecule has 0 unspecified atom stereocenters. The number of hydrogen-bond donors (Lipinski definition) is 3. The van der Waals surface area contributed by atoms with Gasteiger partial charge in [-0.05, 0) is 45.2 Å². The van der Waals surface area contributed by atoms with Gasteiger partial charge in [-0.3, -0.25) is 0 Å². The van der Waals surface area contributed by atoms with Crippen LogP contribution in [0.15, 0.2) is 11.8 Å². The van der Waals surface area contributed by atoms with Gasteiger partial charge in [-0.1, -0.05) is 13.8 Å². The van der Waals surface area contributed by atoms with Crippen LogP contribution in [-0.2, 0) is 0 Å². The Balaban J connectivity index is 2.51. The van der Waals surface area contributed by atoms with Gasteiger partial charge in [-0.2, -0.15) is 0 Å². The lowest BCUT2D eigenvalue weighted by Crippen LogP contribution is -2.33. The molecule has 0 heterocycles. The Morgan fingerprint density at radius 2 is 2.00 bits per heavy atom. The third-order valence-electron chi connectivity index (χ3n) is 4.48. The Labute approximate surface area is 124 Å². The van der Waals surface area contributed by atoms with E-state index in [9.17, 15) is 0 Å². The molecule has 1 rings (SSSR count). The molecule has 0 aromatic rings. The first-order chi connectivity index (χ1) is 9.39. The highest BCUT2D eigenvalue weighted by atomic mass is 15.1. The van der Waals surface area contributed by atoms with Gasteiger partial charge in [0.05, 0.1) is 0 Å². The summed E-state index contributed by atoms with van der Waals surface area (Å²) in [5.41, 5.74) is 7.97. The van der Waals surface area contributed by atoms with Crippen molar-refractivity contribution in [3.8, 4) is 0 Å². The van der Waals surface area contributed by atoms with Crippen molar-refractivity contribution in [2.75, 3.05) is 33.7 Å². The van der Waals surface area contributed by atoms with Crippen molar-refractivity contribution in [1.29, 1.82) is 5.41 Å². The monoisotopic (exact) mass is 280 g/mol. The Morgan fingerprint density at radius 1 is 1.40 bits per heavy atom. The van der Waals surface area contributed by atoms with Crippen LogP contribution >= 0.6 is 0 Å². The second kappa shape index (κ2) is 7.79. The third-order valence-corrected chi connectivity index (χ3v) is 4.48. The van der Waals surface area contributed by atoms with Crippen LogP contribution in [0.5, 0.6) is 0 Å². The molecule has 1 saturated carbocycles. The minimum atomic E-state index is 0.399. The van der Waals surface area contributed by atoms with E-state index in [-0.39, 0.29) is 0 Å². The summed E-state index contributed by atoms with van der Waals surface area (Å²) < 4.78 is 0. The quantitative estimate of drug-likeness (QED) is 0.627. The topological polar surface area (TPSA) is 65.1 Å². The van der Waals surface area contributed by atoms with Crippen LogP contribution in [0.4, 0.5) is 0 Å². The molecule has 116 valence electrons. The van der Waals surface area contributed by atoms with Gasteiger partial charge >= 0.3 is 0 Å². The largest absolute Gasteiger partial charge is 0.404 e. The van der Waals surface area contributed by atoms with Crippen LogP contribution in [0.25, 0.3) is 0 Å². The van der Waals surface area contributed by atoms with Crippen molar-refractivity contribution in [1.82, 2.24) is 10.2 Å². The molecule has 20 heavy (non-hydrogen) atoms. The molecule has 4 nitrogen and oxygen atoms in total. The zero-order chi connectivity index (χ0) is 15.2. The minimum Gasteiger partial charge on any atom is -0.404 e. The van der Waals surface area contributed by atoms with Gasteiger partial charge in [0.15, 0.2) is 0 Å². The van der Waals surface area contributed by atoms with Crippen LogP contribution in [0.1, 0.15) is 39.5 Å². The highest BCUT2D eigenvalue weighted by Crippen LogP contribution is 2.39. The van der Waals surface area contributed by atoms with E-state index in [0.717, 1.165) is 43.8 Å². The van der Waals surface area contributed by atoms with Crippen molar-refractivity contribution >= 4 is 5.71 Å². The van der Waals surface area contributed by atoms with E-state index >= 15 is 0 Å². The van der Waals surface area contributed by atoms with Crippen molar-refractivity contribution in [3.05, 3.63) is 11.8 Å². The Morgan fingerprint density at radius 3 is 2.50 bits per heavy atom. The molecule has 0 bridgehead atoms. The normalized spacial score (nSPS) is 20.4. The summed E-state index contributed by atoms with van der Waals surface area (Å²) in [4.78, 5) is 2.22. The second-order valence-corrected chi connectivity index (χ2v) is 6.89. The lowest BCUT2D eigenvalue weighted by molar-refractivity contribution is 0.220. The molecule has 0 radical (unpaired) electrons. The third kappa shape index (κ3) is 5.25. The predicted octanol–water partition coefficient (Wildman–Crippen LogP) is 2.22. The first kappa shape index (κ1) is 17.2. The fourth-order valence-electron chi connectivity index (χ4n) is 2.85. The maximum absolute atomic E-state index is 8.45. The molecule has 1 aliphatic carbocycles. The number of nitrogens with zero attached hydrogens (tertiary/aromatic N) is 1. The van der Waals surface area contributed by atoms with Gasteiger partial charge < -0.3 is 21.4 Å². The molecule has 0 amide bonds. The molecule has 0 aromatic heterocycles. The van der Waals surface area contributed by atoms with Gasteiger partial charge in [0.1, 0.15) is 0 Å². The molecular weight excluding hydrogens is 248 g/mol. The average molecular weight is 280 g/mol. The highest BCUT2D eigenvalue weighted by molar-refractivity contribution is 5.99. The summed E-state index contributed by atoms with van der Waals surface area (Å²) in [6.07, 6.45) is 6.33. The van der Waals surface area contributed by atoms with Crippen LogP contribution in [0, 0.1) is 16.7 Å². The van der Waals surface area contributed by atoms with Crippen molar-refractivity contribution in [2.45, 2.75) is 39.5 Å². The Hall–Kier alpha value is -0.870. The fourth-order valence-corrected chi connectivity index (χ4v) is 2.85. The van der Waals surface area contributed by atoms with E-state index in [4.69, 9.17) is 11.1 Å². The van der Waals surface area contributed by atoms with E-state index in [1.165, 1.54) is 12.8 Å². The van der Waals surface area contributed by atoms with E-state index in [1.54, 1.807) is 6.20 Å². The van der Waals surface area contributed by atoms with Crippen molar-refractivity contribution in [2.24, 2.45) is 17.1 Å². The molecule has 1 aliphatic rings. The Bertz CT molecular complexity index is 336. The summed E-state index contributed by atoms with van der Waals surface area (Å²) in [6.45, 7) is 7.37. The van der Waals surface area contributed by atoms with Crippen LogP contribution in [0.3, 0.4) is 0 Å². The number of nitrogens with two attached hydrogens (primary N) is 1. The summed E-state index contributed by atoms with van der Waals surface area (Å²) >= 11 is 0. The van der Waals surface area contributed by atoms with E-state index < -0.39 is 0 Å². The number of rotatable bonds is 7. The maximum Gasteiger partial charge on any atom is 0.0404 e. The van der Waals surface area contributed by atoms with Crippen molar-refractivity contribution < 1.29 is 0 Å². The lowest BCUT2D eigenvalue weighted by atomic mass is 9.71. The zero-order valence-electron chi connectivity index (χ0n) is 13.6. The summed E-state index contributed by atoms with van der Waals surface area (Å²) in [5, 5.41) is 11.6. The molecule has 4 heteroatoms. The molecule has 4 N–H and O–H groups in total. The van der Waals surface area contributed by atoms with E-state index in [1.807, 2.05) is 7.05 Å². The number of nitrogens with one attached hydrogen (secondary N) is 2. The first-order valence-electron chi connectivity index (χ1n) is 7.72. The standard InChI is InChI=1S/C16H32N4/c1-16(2)7-5-13(6-8-16)15(18)14(11-17)12-20(4)10-9-19-3/h11,13,18-19H,5-10,12,17H2,1-4H3/b14-11-,18-15?. The summed E-state index contributed by atoms with van der Waals surface area (Å²) in [6, 6.07) is 0. The molecular formula is C16H32N4. The maximum atomic E-state index is 8.45. The minimum absolute atomic E-state index is 0.399.